The van der Waals surface area contributed by atoms with E-state index in [1.807, 2.05) is 48.7 Å². The maximum Gasteiger partial charge on any atom is 0.255 e. The van der Waals surface area contributed by atoms with Crippen LogP contribution in [0.3, 0.4) is 0 Å². The maximum atomic E-state index is 12.8. The lowest BCUT2D eigenvalue weighted by atomic mass is 10.0. The molecule has 0 amide bonds. The van der Waals surface area contributed by atoms with Gasteiger partial charge in [0.05, 0.1) is 28.6 Å². The van der Waals surface area contributed by atoms with Crippen LogP contribution >= 0.6 is 11.6 Å². The minimum atomic E-state index is -0.0968. The SMILES string of the molecule is N#Cc1cccc(-c2ccc(CN3CCc4nc(-c5ccc(Cl)cc5)[nH]c(=O)c4C3)cn2)c1. The van der Waals surface area contributed by atoms with Crippen LogP contribution in [0.2, 0.25) is 5.02 Å². The average molecular weight is 454 g/mol. The van der Waals surface area contributed by atoms with Crippen LogP contribution in [-0.4, -0.2) is 26.4 Å². The molecule has 0 atom stereocenters. The van der Waals surface area contributed by atoms with E-state index in [1.165, 1.54) is 0 Å². The first-order valence-electron chi connectivity index (χ1n) is 10.6. The molecule has 0 radical (unpaired) electrons. The Kier molecular flexibility index (Phi) is 5.74. The van der Waals surface area contributed by atoms with Crippen molar-refractivity contribution in [2.45, 2.75) is 19.5 Å². The van der Waals surface area contributed by atoms with Gasteiger partial charge in [-0.05, 0) is 48.0 Å². The van der Waals surface area contributed by atoms with Gasteiger partial charge in [-0.3, -0.25) is 14.7 Å². The molecule has 1 aliphatic rings. The summed E-state index contributed by atoms with van der Waals surface area (Å²) in [7, 11) is 0. The van der Waals surface area contributed by atoms with Crippen LogP contribution in [0, 0.1) is 11.3 Å². The highest BCUT2D eigenvalue weighted by Crippen LogP contribution is 2.22. The van der Waals surface area contributed by atoms with Gasteiger partial charge in [0.25, 0.3) is 5.56 Å². The number of hydrogen-bond donors (Lipinski definition) is 1. The van der Waals surface area contributed by atoms with Gasteiger partial charge >= 0.3 is 0 Å². The molecule has 4 aromatic rings. The fourth-order valence-electron chi connectivity index (χ4n) is 4.06. The van der Waals surface area contributed by atoms with Crippen molar-refractivity contribution >= 4 is 11.6 Å². The number of H-pyrrole nitrogens is 1. The Morgan fingerprint density at radius 3 is 2.70 bits per heavy atom. The van der Waals surface area contributed by atoms with Gasteiger partial charge < -0.3 is 4.98 Å². The van der Waals surface area contributed by atoms with Crippen molar-refractivity contribution in [2.24, 2.45) is 0 Å². The summed E-state index contributed by atoms with van der Waals surface area (Å²) in [4.78, 5) is 27.2. The summed E-state index contributed by atoms with van der Waals surface area (Å²) in [6.07, 6.45) is 2.57. The smallest absolute Gasteiger partial charge is 0.255 e. The Bertz CT molecular complexity index is 1400. The number of nitrogens with one attached hydrogen (secondary N) is 1. The molecule has 0 saturated heterocycles. The Morgan fingerprint density at radius 1 is 1.09 bits per heavy atom. The number of nitrogens with zero attached hydrogens (tertiary/aromatic N) is 4. The summed E-state index contributed by atoms with van der Waals surface area (Å²) in [5.41, 5.74) is 5.75. The van der Waals surface area contributed by atoms with E-state index >= 15 is 0 Å². The topological polar surface area (TPSA) is 85.7 Å². The summed E-state index contributed by atoms with van der Waals surface area (Å²) in [6, 6.07) is 20.9. The minimum absolute atomic E-state index is 0.0968. The Labute approximate surface area is 196 Å². The molecule has 0 spiro atoms. The highest BCUT2D eigenvalue weighted by molar-refractivity contribution is 6.30. The maximum absolute atomic E-state index is 12.8. The van der Waals surface area contributed by atoms with Crippen molar-refractivity contribution in [3.63, 3.8) is 0 Å². The number of aromatic amines is 1. The molecule has 0 unspecified atom stereocenters. The first-order chi connectivity index (χ1) is 16.1. The molecule has 0 fully saturated rings. The van der Waals surface area contributed by atoms with Crippen LogP contribution in [-0.2, 0) is 19.5 Å². The van der Waals surface area contributed by atoms with Gasteiger partial charge in [0.15, 0.2) is 0 Å². The summed E-state index contributed by atoms with van der Waals surface area (Å²) < 4.78 is 0. The Morgan fingerprint density at radius 2 is 1.94 bits per heavy atom. The third kappa shape index (κ3) is 4.56. The summed E-state index contributed by atoms with van der Waals surface area (Å²) >= 11 is 5.97. The second kappa shape index (κ2) is 8.99. The molecule has 0 aliphatic carbocycles. The quantitative estimate of drug-likeness (QED) is 0.488. The molecule has 33 heavy (non-hydrogen) atoms. The average Bonchev–Trinajstić information content (AvgIpc) is 2.85. The molecule has 3 heterocycles. The van der Waals surface area contributed by atoms with E-state index in [9.17, 15) is 4.79 Å². The first kappa shape index (κ1) is 21.1. The Hall–Kier alpha value is -3.79. The number of fused-ring (bicyclic) bond motifs is 1. The van der Waals surface area contributed by atoms with Crippen LogP contribution in [0.25, 0.3) is 22.6 Å². The summed E-state index contributed by atoms with van der Waals surface area (Å²) in [6.45, 7) is 2.06. The second-order valence-corrected chi connectivity index (χ2v) is 8.49. The predicted octanol–water partition coefficient (Wildman–Crippen LogP) is 4.58. The number of nitriles is 1. The minimum Gasteiger partial charge on any atom is -0.306 e. The van der Waals surface area contributed by atoms with E-state index in [0.29, 0.717) is 35.9 Å². The lowest BCUT2D eigenvalue weighted by molar-refractivity contribution is 0.241. The van der Waals surface area contributed by atoms with E-state index in [4.69, 9.17) is 21.8 Å². The van der Waals surface area contributed by atoms with Gasteiger partial charge in [0, 0.05) is 48.4 Å². The predicted molar refractivity (Wildman–Crippen MR) is 128 cm³/mol. The third-order valence-electron chi connectivity index (χ3n) is 5.78. The van der Waals surface area contributed by atoms with Gasteiger partial charge in [-0.25, -0.2) is 4.98 Å². The van der Waals surface area contributed by atoms with Crippen molar-refractivity contribution in [3.8, 4) is 28.7 Å². The van der Waals surface area contributed by atoms with Gasteiger partial charge in [-0.1, -0.05) is 29.8 Å². The molecular formula is C26H20ClN5O. The van der Waals surface area contributed by atoms with Crippen LogP contribution < -0.4 is 5.56 Å². The van der Waals surface area contributed by atoms with Crippen molar-refractivity contribution in [3.05, 3.63) is 105 Å². The number of aromatic nitrogens is 3. The van der Waals surface area contributed by atoms with Crippen molar-refractivity contribution < 1.29 is 0 Å². The number of rotatable bonds is 4. The zero-order chi connectivity index (χ0) is 22.8. The summed E-state index contributed by atoms with van der Waals surface area (Å²) in [5.74, 6) is 0.573. The van der Waals surface area contributed by atoms with Crippen molar-refractivity contribution in [1.82, 2.24) is 19.9 Å². The standard InChI is InChI=1S/C26H20ClN5O/c27-21-7-5-19(6-8-21)25-30-24-10-11-32(16-22(24)26(33)31-25)15-18-4-9-23(29-14-18)20-3-1-2-17(12-20)13-28/h1-9,12,14H,10-11,15-16H2,(H,30,31,33). The molecule has 0 bridgehead atoms. The third-order valence-corrected chi connectivity index (χ3v) is 6.04. The molecule has 1 N–H and O–H groups in total. The number of hydrogen-bond acceptors (Lipinski definition) is 5. The van der Waals surface area contributed by atoms with Crippen LogP contribution in [0.4, 0.5) is 0 Å². The number of pyridine rings is 1. The molecule has 162 valence electrons. The second-order valence-electron chi connectivity index (χ2n) is 8.05. The zero-order valence-corrected chi connectivity index (χ0v) is 18.5. The van der Waals surface area contributed by atoms with Gasteiger partial charge in [0.2, 0.25) is 0 Å². The van der Waals surface area contributed by atoms with Crippen molar-refractivity contribution in [1.29, 1.82) is 5.26 Å². The molecule has 2 aromatic carbocycles. The van der Waals surface area contributed by atoms with Crippen LogP contribution in [0.1, 0.15) is 22.4 Å². The van der Waals surface area contributed by atoms with E-state index in [1.54, 1.807) is 18.2 Å². The monoisotopic (exact) mass is 453 g/mol. The van der Waals surface area contributed by atoms with E-state index in [2.05, 4.69) is 20.9 Å². The largest absolute Gasteiger partial charge is 0.306 e. The fraction of sp³-hybridized carbons (Fsp3) is 0.154. The lowest BCUT2D eigenvalue weighted by Gasteiger charge is -2.27. The first-order valence-corrected chi connectivity index (χ1v) is 11.0. The van der Waals surface area contributed by atoms with Crippen LogP contribution in [0.15, 0.2) is 71.7 Å². The van der Waals surface area contributed by atoms with E-state index in [-0.39, 0.29) is 5.56 Å². The lowest BCUT2D eigenvalue weighted by Crippen LogP contribution is -2.35. The normalized spacial score (nSPS) is 13.3. The molecule has 0 saturated carbocycles. The van der Waals surface area contributed by atoms with Crippen molar-refractivity contribution in [2.75, 3.05) is 6.54 Å². The van der Waals surface area contributed by atoms with Gasteiger partial charge in [0.1, 0.15) is 5.82 Å². The Balaban J connectivity index is 1.31. The number of benzene rings is 2. The highest BCUT2D eigenvalue weighted by Gasteiger charge is 2.21. The van der Waals surface area contributed by atoms with E-state index in [0.717, 1.165) is 40.2 Å². The zero-order valence-electron chi connectivity index (χ0n) is 17.8. The molecule has 6 nitrogen and oxygen atoms in total. The molecule has 1 aliphatic heterocycles. The fourth-order valence-corrected chi connectivity index (χ4v) is 4.18. The molecular weight excluding hydrogens is 434 g/mol. The van der Waals surface area contributed by atoms with Gasteiger partial charge in [-0.2, -0.15) is 5.26 Å². The summed E-state index contributed by atoms with van der Waals surface area (Å²) in [5, 5.41) is 9.74. The van der Waals surface area contributed by atoms with Gasteiger partial charge in [-0.15, -0.1) is 0 Å². The highest BCUT2D eigenvalue weighted by atomic mass is 35.5. The van der Waals surface area contributed by atoms with E-state index < -0.39 is 0 Å². The van der Waals surface area contributed by atoms with Crippen LogP contribution in [0.5, 0.6) is 0 Å². The molecule has 5 rings (SSSR count). The number of halogens is 1. The molecule has 7 heteroatoms. The molecule has 2 aromatic heterocycles.